The molecule has 2 N–H and O–H groups in total. The van der Waals surface area contributed by atoms with Crippen molar-refractivity contribution >= 4 is 11.6 Å². The SMILES string of the molecule is O=C(Nc1cccc(-c2nn[nH]n2)c1)C(F)(F)F. The first kappa shape index (κ1) is 12.0. The van der Waals surface area contributed by atoms with Gasteiger partial charge in [0.1, 0.15) is 0 Å². The highest BCUT2D eigenvalue weighted by atomic mass is 19.4. The molecule has 0 saturated heterocycles. The number of halogens is 3. The summed E-state index contributed by atoms with van der Waals surface area (Å²) in [5.74, 6) is -1.81. The number of carbonyl (C=O) groups excluding carboxylic acids is 1. The molecule has 18 heavy (non-hydrogen) atoms. The minimum absolute atomic E-state index is 0.000347. The van der Waals surface area contributed by atoms with Crippen molar-refractivity contribution in [3.8, 4) is 11.4 Å². The number of alkyl halides is 3. The quantitative estimate of drug-likeness (QED) is 0.851. The van der Waals surface area contributed by atoms with E-state index in [2.05, 4.69) is 20.6 Å². The minimum Gasteiger partial charge on any atom is -0.318 e. The van der Waals surface area contributed by atoms with E-state index in [-0.39, 0.29) is 11.5 Å². The van der Waals surface area contributed by atoms with Crippen LogP contribution in [0.15, 0.2) is 24.3 Å². The average Bonchev–Trinajstić information content (AvgIpc) is 2.81. The van der Waals surface area contributed by atoms with Crippen LogP contribution in [-0.4, -0.2) is 32.7 Å². The molecule has 0 fully saturated rings. The van der Waals surface area contributed by atoms with Crippen molar-refractivity contribution in [1.29, 1.82) is 0 Å². The summed E-state index contributed by atoms with van der Waals surface area (Å²) in [5, 5.41) is 14.6. The summed E-state index contributed by atoms with van der Waals surface area (Å²) in [6.45, 7) is 0. The van der Waals surface area contributed by atoms with E-state index in [9.17, 15) is 18.0 Å². The van der Waals surface area contributed by atoms with Crippen molar-refractivity contribution in [1.82, 2.24) is 20.6 Å². The van der Waals surface area contributed by atoms with Crippen molar-refractivity contribution in [2.75, 3.05) is 5.32 Å². The fourth-order valence-electron chi connectivity index (χ4n) is 1.22. The van der Waals surface area contributed by atoms with Crippen molar-refractivity contribution in [2.24, 2.45) is 0 Å². The number of hydrogen-bond donors (Lipinski definition) is 2. The number of benzene rings is 1. The van der Waals surface area contributed by atoms with Gasteiger partial charge in [0.05, 0.1) is 0 Å². The lowest BCUT2D eigenvalue weighted by Crippen LogP contribution is -2.29. The van der Waals surface area contributed by atoms with Crippen LogP contribution in [0.1, 0.15) is 0 Å². The predicted molar refractivity (Wildman–Crippen MR) is 54.3 cm³/mol. The Labute approximate surface area is 98.2 Å². The highest BCUT2D eigenvalue weighted by Gasteiger charge is 2.38. The molecule has 94 valence electrons. The highest BCUT2D eigenvalue weighted by molar-refractivity contribution is 5.95. The summed E-state index contributed by atoms with van der Waals surface area (Å²) in [5.41, 5.74) is 0.434. The largest absolute Gasteiger partial charge is 0.471 e. The van der Waals surface area contributed by atoms with E-state index in [4.69, 9.17) is 0 Å². The third-order valence-electron chi connectivity index (χ3n) is 1.98. The molecule has 9 heteroatoms. The van der Waals surface area contributed by atoms with E-state index in [1.54, 1.807) is 11.4 Å². The van der Waals surface area contributed by atoms with Crippen LogP contribution in [0, 0.1) is 0 Å². The molecule has 2 rings (SSSR count). The number of aromatic amines is 1. The monoisotopic (exact) mass is 257 g/mol. The van der Waals surface area contributed by atoms with Crippen LogP contribution in [0.2, 0.25) is 0 Å². The number of H-pyrrole nitrogens is 1. The highest BCUT2D eigenvalue weighted by Crippen LogP contribution is 2.21. The smallest absolute Gasteiger partial charge is 0.318 e. The van der Waals surface area contributed by atoms with Crippen molar-refractivity contribution < 1.29 is 18.0 Å². The maximum atomic E-state index is 12.1. The number of rotatable bonds is 2. The zero-order valence-electron chi connectivity index (χ0n) is 8.69. The molecule has 1 aromatic carbocycles. The number of nitrogens with zero attached hydrogens (tertiary/aromatic N) is 3. The van der Waals surface area contributed by atoms with Gasteiger partial charge in [0.2, 0.25) is 5.82 Å². The number of tetrazole rings is 1. The van der Waals surface area contributed by atoms with Crippen LogP contribution in [-0.2, 0) is 4.79 Å². The molecule has 1 heterocycles. The van der Waals surface area contributed by atoms with Gasteiger partial charge in [0, 0.05) is 11.3 Å². The summed E-state index contributed by atoms with van der Waals surface area (Å²) in [7, 11) is 0. The Morgan fingerprint density at radius 2 is 2.11 bits per heavy atom. The Morgan fingerprint density at radius 1 is 1.33 bits per heavy atom. The van der Waals surface area contributed by atoms with Gasteiger partial charge < -0.3 is 5.32 Å². The summed E-state index contributed by atoms with van der Waals surface area (Å²) < 4.78 is 36.2. The van der Waals surface area contributed by atoms with E-state index in [0.29, 0.717) is 5.56 Å². The first-order chi connectivity index (χ1) is 8.47. The van der Waals surface area contributed by atoms with E-state index in [0.717, 1.165) is 0 Å². The van der Waals surface area contributed by atoms with Crippen molar-refractivity contribution in [3.05, 3.63) is 24.3 Å². The van der Waals surface area contributed by atoms with E-state index in [1.165, 1.54) is 18.2 Å². The van der Waals surface area contributed by atoms with Crippen LogP contribution in [0.25, 0.3) is 11.4 Å². The minimum atomic E-state index is -4.93. The van der Waals surface area contributed by atoms with Gasteiger partial charge in [0.25, 0.3) is 0 Å². The fourth-order valence-corrected chi connectivity index (χ4v) is 1.22. The van der Waals surface area contributed by atoms with E-state index < -0.39 is 12.1 Å². The van der Waals surface area contributed by atoms with Gasteiger partial charge >= 0.3 is 12.1 Å². The number of nitrogens with one attached hydrogen (secondary N) is 2. The third kappa shape index (κ3) is 2.62. The normalized spacial score (nSPS) is 11.3. The Morgan fingerprint density at radius 3 is 2.72 bits per heavy atom. The number of hydrogen-bond acceptors (Lipinski definition) is 4. The predicted octanol–water partition coefficient (Wildman–Crippen LogP) is 1.37. The maximum Gasteiger partial charge on any atom is 0.471 e. The molecule has 0 aliphatic rings. The summed E-state index contributed by atoms with van der Waals surface area (Å²) in [6.07, 6.45) is -4.93. The molecule has 2 aromatic rings. The molecule has 0 unspecified atom stereocenters. The molecule has 0 atom stereocenters. The van der Waals surface area contributed by atoms with Gasteiger partial charge in [-0.05, 0) is 17.3 Å². The molecule has 6 nitrogen and oxygen atoms in total. The first-order valence-electron chi connectivity index (χ1n) is 4.69. The second-order valence-corrected chi connectivity index (χ2v) is 3.27. The van der Waals surface area contributed by atoms with Crippen molar-refractivity contribution in [2.45, 2.75) is 6.18 Å². The average molecular weight is 257 g/mol. The van der Waals surface area contributed by atoms with Gasteiger partial charge in [-0.3, -0.25) is 4.79 Å². The lowest BCUT2D eigenvalue weighted by molar-refractivity contribution is -0.167. The zero-order chi connectivity index (χ0) is 13.2. The summed E-state index contributed by atoms with van der Waals surface area (Å²) in [4.78, 5) is 10.7. The Balaban J connectivity index is 2.21. The standard InChI is InChI=1S/C9H6F3N5O/c10-9(11,12)8(18)13-6-3-1-2-5(4-6)7-14-16-17-15-7/h1-4H,(H,13,18)(H,14,15,16,17). The molecule has 0 bridgehead atoms. The molecule has 1 amide bonds. The molecular formula is C9H6F3N5O. The van der Waals surface area contributed by atoms with E-state index >= 15 is 0 Å². The fraction of sp³-hybridized carbons (Fsp3) is 0.111. The number of amides is 1. The van der Waals surface area contributed by atoms with Crippen LogP contribution >= 0.6 is 0 Å². The van der Waals surface area contributed by atoms with Crippen LogP contribution < -0.4 is 5.32 Å². The Hall–Kier alpha value is -2.45. The topological polar surface area (TPSA) is 83.6 Å². The van der Waals surface area contributed by atoms with Crippen LogP contribution in [0.3, 0.4) is 0 Å². The second-order valence-electron chi connectivity index (χ2n) is 3.27. The van der Waals surface area contributed by atoms with Gasteiger partial charge in [-0.1, -0.05) is 12.1 Å². The number of anilines is 1. The lowest BCUT2D eigenvalue weighted by atomic mass is 10.2. The lowest BCUT2D eigenvalue weighted by Gasteiger charge is -2.08. The van der Waals surface area contributed by atoms with Gasteiger partial charge in [0.15, 0.2) is 0 Å². The van der Waals surface area contributed by atoms with Gasteiger partial charge in [-0.15, -0.1) is 10.2 Å². The molecule has 0 saturated carbocycles. The van der Waals surface area contributed by atoms with Crippen molar-refractivity contribution in [3.63, 3.8) is 0 Å². The third-order valence-corrected chi connectivity index (χ3v) is 1.98. The molecule has 0 spiro atoms. The summed E-state index contributed by atoms with van der Waals surface area (Å²) >= 11 is 0. The zero-order valence-corrected chi connectivity index (χ0v) is 8.69. The molecular weight excluding hydrogens is 251 g/mol. The van der Waals surface area contributed by atoms with E-state index in [1.807, 2.05) is 0 Å². The van der Waals surface area contributed by atoms with Gasteiger partial charge in [-0.25, -0.2) is 0 Å². The van der Waals surface area contributed by atoms with Gasteiger partial charge in [-0.2, -0.15) is 18.4 Å². The molecule has 0 aliphatic heterocycles. The Bertz CT molecular complexity index is 552. The van der Waals surface area contributed by atoms with Crippen LogP contribution in [0.5, 0.6) is 0 Å². The summed E-state index contributed by atoms with van der Waals surface area (Å²) in [6, 6.07) is 5.69. The molecule has 0 aliphatic carbocycles. The molecule has 1 aromatic heterocycles. The first-order valence-corrected chi connectivity index (χ1v) is 4.69. The Kier molecular flexibility index (Phi) is 2.96. The number of aromatic nitrogens is 4. The second kappa shape index (κ2) is 4.43. The maximum absolute atomic E-state index is 12.1. The molecule has 0 radical (unpaired) electrons. The van der Waals surface area contributed by atoms with Crippen LogP contribution in [0.4, 0.5) is 18.9 Å². The number of carbonyl (C=O) groups is 1.